The summed E-state index contributed by atoms with van der Waals surface area (Å²) >= 11 is 0. The van der Waals surface area contributed by atoms with E-state index in [0.29, 0.717) is 18.9 Å². The molecule has 2 atom stereocenters. The molecule has 0 spiro atoms. The van der Waals surface area contributed by atoms with Gasteiger partial charge < -0.3 is 15.4 Å². The van der Waals surface area contributed by atoms with Crippen LogP contribution in [0.3, 0.4) is 0 Å². The molecule has 0 aromatic heterocycles. The number of carbonyl (C=O) groups excluding carboxylic acids is 1. The molecule has 4 nitrogen and oxygen atoms in total. The molecule has 0 aliphatic carbocycles. The number of para-hydroxylation sites is 1. The Morgan fingerprint density at radius 3 is 3.15 bits per heavy atom. The largest absolute Gasteiger partial charge is 0.491 e. The van der Waals surface area contributed by atoms with Crippen LogP contribution in [0.2, 0.25) is 0 Å². The Bertz CT molecular complexity index is 469. The highest BCUT2D eigenvalue weighted by atomic mass is 16.5. The lowest BCUT2D eigenvalue weighted by Crippen LogP contribution is -2.32. The van der Waals surface area contributed by atoms with Gasteiger partial charge in [0.05, 0.1) is 6.04 Å². The van der Waals surface area contributed by atoms with Crippen LogP contribution >= 0.6 is 0 Å². The highest BCUT2D eigenvalue weighted by Crippen LogP contribution is 2.31. The molecule has 2 unspecified atom stereocenters. The van der Waals surface area contributed by atoms with E-state index in [4.69, 9.17) is 4.74 Å². The van der Waals surface area contributed by atoms with Crippen LogP contribution in [0.1, 0.15) is 37.3 Å². The maximum Gasteiger partial charge on any atom is 0.220 e. The predicted octanol–water partition coefficient (Wildman–Crippen LogP) is 2.02. The fourth-order valence-corrected chi connectivity index (χ4v) is 3.05. The average Bonchev–Trinajstić information content (AvgIpc) is 2.90. The van der Waals surface area contributed by atoms with E-state index in [1.807, 2.05) is 24.3 Å². The second-order valence-electron chi connectivity index (χ2n) is 5.72. The Balaban J connectivity index is 1.47. The number of ether oxygens (including phenoxy) is 1. The molecule has 2 aliphatic rings. The lowest BCUT2D eigenvalue weighted by Gasteiger charge is -2.22. The summed E-state index contributed by atoms with van der Waals surface area (Å²) in [5, 5.41) is 6.48. The van der Waals surface area contributed by atoms with Crippen molar-refractivity contribution in [3.8, 4) is 5.75 Å². The summed E-state index contributed by atoms with van der Waals surface area (Å²) in [5.74, 6) is 1.69. The van der Waals surface area contributed by atoms with E-state index in [-0.39, 0.29) is 11.9 Å². The maximum atomic E-state index is 12.1. The zero-order valence-corrected chi connectivity index (χ0v) is 11.7. The van der Waals surface area contributed by atoms with Gasteiger partial charge in [0.15, 0.2) is 0 Å². The van der Waals surface area contributed by atoms with Crippen molar-refractivity contribution in [3.05, 3.63) is 29.8 Å². The zero-order chi connectivity index (χ0) is 13.8. The molecule has 1 fully saturated rings. The summed E-state index contributed by atoms with van der Waals surface area (Å²) in [6.07, 6.45) is 4.07. The quantitative estimate of drug-likeness (QED) is 0.883. The molecule has 3 rings (SSSR count). The van der Waals surface area contributed by atoms with Gasteiger partial charge in [-0.15, -0.1) is 0 Å². The smallest absolute Gasteiger partial charge is 0.220 e. The summed E-state index contributed by atoms with van der Waals surface area (Å²) in [7, 11) is 0. The average molecular weight is 274 g/mol. The van der Waals surface area contributed by atoms with Crippen LogP contribution in [0, 0.1) is 5.92 Å². The fraction of sp³-hybridized carbons (Fsp3) is 0.562. The molecular formula is C16H22N2O2. The molecule has 1 aromatic carbocycles. The van der Waals surface area contributed by atoms with Crippen LogP contribution in [0.4, 0.5) is 0 Å². The molecule has 1 amide bonds. The maximum absolute atomic E-state index is 12.1. The molecule has 1 saturated heterocycles. The second kappa shape index (κ2) is 6.27. The van der Waals surface area contributed by atoms with E-state index in [1.54, 1.807) is 0 Å². The van der Waals surface area contributed by atoms with Crippen LogP contribution in [0.25, 0.3) is 0 Å². The van der Waals surface area contributed by atoms with Crippen molar-refractivity contribution in [1.82, 2.24) is 10.6 Å². The third-order valence-corrected chi connectivity index (χ3v) is 4.21. The first-order chi connectivity index (χ1) is 9.83. The van der Waals surface area contributed by atoms with Gasteiger partial charge in [0.25, 0.3) is 0 Å². The lowest BCUT2D eigenvalue weighted by molar-refractivity contribution is -0.122. The third kappa shape index (κ3) is 3.12. The van der Waals surface area contributed by atoms with Gasteiger partial charge in [-0.05, 0) is 44.3 Å². The highest BCUT2D eigenvalue weighted by Gasteiger charge is 2.25. The number of fused-ring (bicyclic) bond motifs is 1. The minimum Gasteiger partial charge on any atom is -0.491 e. The van der Waals surface area contributed by atoms with Crippen LogP contribution in [-0.2, 0) is 4.79 Å². The summed E-state index contributed by atoms with van der Waals surface area (Å²) in [6, 6.07) is 7.94. The number of hydrogen-bond acceptors (Lipinski definition) is 3. The van der Waals surface area contributed by atoms with Gasteiger partial charge in [-0.25, -0.2) is 0 Å². The first-order valence-electron chi connectivity index (χ1n) is 7.55. The summed E-state index contributed by atoms with van der Waals surface area (Å²) in [4.78, 5) is 12.1. The molecule has 0 saturated carbocycles. The van der Waals surface area contributed by atoms with Crippen molar-refractivity contribution in [1.29, 1.82) is 0 Å². The van der Waals surface area contributed by atoms with Crippen molar-refractivity contribution in [2.45, 2.75) is 31.7 Å². The van der Waals surface area contributed by atoms with E-state index in [9.17, 15) is 4.79 Å². The minimum atomic E-state index is 0.0168. The van der Waals surface area contributed by atoms with Gasteiger partial charge in [-0.2, -0.15) is 0 Å². The molecule has 2 N–H and O–H groups in total. The van der Waals surface area contributed by atoms with Gasteiger partial charge in [0, 0.05) is 12.0 Å². The molecular weight excluding hydrogens is 252 g/mol. The molecule has 0 bridgehead atoms. The summed E-state index contributed by atoms with van der Waals surface area (Å²) < 4.78 is 5.58. The Labute approximate surface area is 119 Å². The second-order valence-corrected chi connectivity index (χ2v) is 5.72. The number of amides is 1. The standard InChI is InChI=1S/C16H22N2O2/c19-16(8-7-12-4-3-9-17-10-12)18-14-11-20-15-6-2-1-5-13(14)15/h1-2,5-6,12,14,17H,3-4,7-11H2,(H,18,19). The predicted molar refractivity (Wildman–Crippen MR) is 77.6 cm³/mol. The van der Waals surface area contributed by atoms with Crippen LogP contribution in [0.5, 0.6) is 5.75 Å². The number of hydrogen-bond donors (Lipinski definition) is 2. The van der Waals surface area contributed by atoms with Gasteiger partial charge >= 0.3 is 0 Å². The van der Waals surface area contributed by atoms with Gasteiger partial charge in [-0.3, -0.25) is 4.79 Å². The number of benzene rings is 1. The van der Waals surface area contributed by atoms with Crippen molar-refractivity contribution >= 4 is 5.91 Å². The first-order valence-corrected chi connectivity index (χ1v) is 7.55. The van der Waals surface area contributed by atoms with Gasteiger partial charge in [0.2, 0.25) is 5.91 Å². The van der Waals surface area contributed by atoms with E-state index in [2.05, 4.69) is 10.6 Å². The van der Waals surface area contributed by atoms with Crippen LogP contribution < -0.4 is 15.4 Å². The number of carbonyl (C=O) groups is 1. The van der Waals surface area contributed by atoms with E-state index >= 15 is 0 Å². The molecule has 2 heterocycles. The summed E-state index contributed by atoms with van der Waals surface area (Å²) in [6.45, 7) is 2.73. The van der Waals surface area contributed by atoms with Crippen molar-refractivity contribution in [2.75, 3.05) is 19.7 Å². The van der Waals surface area contributed by atoms with Crippen LogP contribution in [0.15, 0.2) is 24.3 Å². The van der Waals surface area contributed by atoms with E-state index in [1.165, 1.54) is 12.8 Å². The highest BCUT2D eigenvalue weighted by molar-refractivity contribution is 5.76. The van der Waals surface area contributed by atoms with Crippen molar-refractivity contribution in [2.24, 2.45) is 5.92 Å². The van der Waals surface area contributed by atoms with Crippen LogP contribution in [-0.4, -0.2) is 25.6 Å². The topological polar surface area (TPSA) is 50.4 Å². The van der Waals surface area contributed by atoms with Gasteiger partial charge in [0.1, 0.15) is 12.4 Å². The van der Waals surface area contributed by atoms with Crippen molar-refractivity contribution < 1.29 is 9.53 Å². The third-order valence-electron chi connectivity index (χ3n) is 4.21. The number of piperidine rings is 1. The van der Waals surface area contributed by atoms with Gasteiger partial charge in [-0.1, -0.05) is 18.2 Å². The molecule has 108 valence electrons. The van der Waals surface area contributed by atoms with Crippen molar-refractivity contribution in [3.63, 3.8) is 0 Å². The molecule has 20 heavy (non-hydrogen) atoms. The monoisotopic (exact) mass is 274 g/mol. The number of rotatable bonds is 4. The Morgan fingerprint density at radius 2 is 2.30 bits per heavy atom. The normalized spacial score (nSPS) is 24.8. The molecule has 0 radical (unpaired) electrons. The van der Waals surface area contributed by atoms with E-state index in [0.717, 1.165) is 30.8 Å². The Kier molecular flexibility index (Phi) is 4.21. The number of nitrogens with one attached hydrogen (secondary N) is 2. The Hall–Kier alpha value is -1.55. The fourth-order valence-electron chi connectivity index (χ4n) is 3.05. The SMILES string of the molecule is O=C(CCC1CCCNC1)NC1COc2ccccc21. The molecule has 2 aliphatic heterocycles. The zero-order valence-electron chi connectivity index (χ0n) is 11.7. The molecule has 4 heteroatoms. The minimum absolute atomic E-state index is 0.0168. The lowest BCUT2D eigenvalue weighted by atomic mass is 9.94. The first kappa shape index (κ1) is 13.4. The molecule has 1 aromatic rings. The Morgan fingerprint density at radius 1 is 1.40 bits per heavy atom. The van der Waals surface area contributed by atoms with E-state index < -0.39 is 0 Å². The summed E-state index contributed by atoms with van der Waals surface area (Å²) in [5.41, 5.74) is 1.10.